The van der Waals surface area contributed by atoms with Crippen LogP contribution in [-0.2, 0) is 4.74 Å². The number of alkyl halides is 3. The molecule has 2 aliphatic rings. The molecule has 0 radical (unpaired) electrons. The van der Waals surface area contributed by atoms with Crippen molar-refractivity contribution in [1.29, 1.82) is 0 Å². The van der Waals surface area contributed by atoms with E-state index >= 15 is 0 Å². The third kappa shape index (κ3) is 8.62. The standard InChI is InChI=1S/C22H33F3O/c1-2-3-4-7-18-10-12-19(13-11-18)8-5-6-9-20-14-16-21(17-15-20)26-22(23,24)25/h5,8,18-21H,2-4,7,10-17H2,1H3/b8-5+/t18-,19-,20-,21-. The summed E-state index contributed by atoms with van der Waals surface area (Å²) in [6, 6.07) is 0. The number of allylic oxidation sites excluding steroid dienone is 2. The summed E-state index contributed by atoms with van der Waals surface area (Å²) in [5, 5.41) is 0. The lowest BCUT2D eigenvalue weighted by atomic mass is 9.79. The van der Waals surface area contributed by atoms with Gasteiger partial charge >= 0.3 is 6.36 Å². The van der Waals surface area contributed by atoms with E-state index < -0.39 is 12.5 Å². The van der Waals surface area contributed by atoms with Crippen molar-refractivity contribution in [3.63, 3.8) is 0 Å². The Balaban J connectivity index is 1.62. The quantitative estimate of drug-likeness (QED) is 0.360. The van der Waals surface area contributed by atoms with E-state index in [0.29, 0.717) is 31.6 Å². The van der Waals surface area contributed by atoms with Gasteiger partial charge in [-0.25, -0.2) is 0 Å². The van der Waals surface area contributed by atoms with Gasteiger partial charge in [0, 0.05) is 5.92 Å². The smallest absolute Gasteiger partial charge is 0.289 e. The molecular weight excluding hydrogens is 337 g/mol. The Morgan fingerprint density at radius 1 is 0.962 bits per heavy atom. The topological polar surface area (TPSA) is 9.23 Å². The fourth-order valence-electron chi connectivity index (χ4n) is 4.22. The van der Waals surface area contributed by atoms with E-state index in [1.54, 1.807) is 0 Å². The van der Waals surface area contributed by atoms with Crippen LogP contribution in [0, 0.1) is 29.6 Å². The van der Waals surface area contributed by atoms with Crippen LogP contribution in [0.15, 0.2) is 12.2 Å². The van der Waals surface area contributed by atoms with Gasteiger partial charge in [0.1, 0.15) is 0 Å². The number of hydrogen-bond acceptors (Lipinski definition) is 1. The predicted molar refractivity (Wildman–Crippen MR) is 99.4 cm³/mol. The molecule has 0 saturated heterocycles. The molecule has 0 aliphatic heterocycles. The summed E-state index contributed by atoms with van der Waals surface area (Å²) >= 11 is 0. The van der Waals surface area contributed by atoms with E-state index in [0.717, 1.165) is 5.92 Å². The molecular formula is C22H33F3O. The second-order valence-electron chi connectivity index (χ2n) is 7.96. The van der Waals surface area contributed by atoms with Crippen LogP contribution in [-0.4, -0.2) is 12.5 Å². The Bertz CT molecular complexity index is 470. The Kier molecular flexibility index (Phi) is 9.05. The van der Waals surface area contributed by atoms with Crippen molar-refractivity contribution < 1.29 is 17.9 Å². The van der Waals surface area contributed by atoms with E-state index in [9.17, 15) is 13.2 Å². The van der Waals surface area contributed by atoms with Crippen LogP contribution in [0.3, 0.4) is 0 Å². The van der Waals surface area contributed by atoms with Crippen molar-refractivity contribution in [2.75, 3.05) is 0 Å². The number of halogens is 3. The summed E-state index contributed by atoms with van der Waals surface area (Å²) in [6.07, 6.45) is 12.0. The van der Waals surface area contributed by atoms with Gasteiger partial charge in [0.15, 0.2) is 0 Å². The van der Waals surface area contributed by atoms with Gasteiger partial charge in [-0.2, -0.15) is 0 Å². The number of hydrogen-bond donors (Lipinski definition) is 0. The minimum Gasteiger partial charge on any atom is -0.289 e. The van der Waals surface area contributed by atoms with Crippen LogP contribution >= 0.6 is 0 Å². The molecule has 148 valence electrons. The minimum absolute atomic E-state index is 0.210. The maximum Gasteiger partial charge on any atom is 0.522 e. The van der Waals surface area contributed by atoms with Crippen LogP contribution in [0.5, 0.6) is 0 Å². The molecule has 2 saturated carbocycles. The van der Waals surface area contributed by atoms with Crippen molar-refractivity contribution in [2.24, 2.45) is 17.8 Å². The van der Waals surface area contributed by atoms with Crippen LogP contribution in [0.25, 0.3) is 0 Å². The van der Waals surface area contributed by atoms with Gasteiger partial charge in [0.05, 0.1) is 6.10 Å². The van der Waals surface area contributed by atoms with Crippen molar-refractivity contribution in [1.82, 2.24) is 0 Å². The number of ether oxygens (including phenoxy) is 1. The first kappa shape index (κ1) is 21.4. The lowest BCUT2D eigenvalue weighted by Gasteiger charge is -2.26. The largest absolute Gasteiger partial charge is 0.522 e. The fraction of sp³-hybridized carbons (Fsp3) is 0.818. The highest BCUT2D eigenvalue weighted by Crippen LogP contribution is 2.33. The fourth-order valence-corrected chi connectivity index (χ4v) is 4.22. The molecule has 2 aliphatic carbocycles. The van der Waals surface area contributed by atoms with Gasteiger partial charge in [-0.3, -0.25) is 4.74 Å². The van der Waals surface area contributed by atoms with Gasteiger partial charge in [-0.15, -0.1) is 13.2 Å². The van der Waals surface area contributed by atoms with Crippen LogP contribution in [0.2, 0.25) is 0 Å². The van der Waals surface area contributed by atoms with E-state index in [-0.39, 0.29) is 5.92 Å². The predicted octanol–water partition coefficient (Wildman–Crippen LogP) is 7.03. The summed E-state index contributed by atoms with van der Waals surface area (Å²) in [5.74, 6) is 8.13. The summed E-state index contributed by atoms with van der Waals surface area (Å²) in [6.45, 7) is 2.25. The molecule has 0 bridgehead atoms. The maximum absolute atomic E-state index is 12.2. The zero-order chi connectivity index (χ0) is 18.8. The van der Waals surface area contributed by atoms with Crippen LogP contribution < -0.4 is 0 Å². The highest BCUT2D eigenvalue weighted by Gasteiger charge is 2.35. The highest BCUT2D eigenvalue weighted by atomic mass is 19.4. The molecule has 0 unspecified atom stereocenters. The normalized spacial score (nSPS) is 30.2. The molecule has 2 rings (SSSR count). The molecule has 2 fully saturated rings. The molecule has 0 heterocycles. The molecule has 0 spiro atoms. The van der Waals surface area contributed by atoms with Crippen LogP contribution in [0.4, 0.5) is 13.2 Å². The van der Waals surface area contributed by atoms with Gasteiger partial charge in [0.2, 0.25) is 0 Å². The SMILES string of the molecule is CCCCC[C@H]1CC[C@H](/C=C/C#C[C@H]2CC[C@H](OC(F)(F)F)CC2)CC1. The molecule has 0 N–H and O–H groups in total. The van der Waals surface area contributed by atoms with E-state index in [4.69, 9.17) is 0 Å². The summed E-state index contributed by atoms with van der Waals surface area (Å²) < 4.78 is 40.7. The lowest BCUT2D eigenvalue weighted by Crippen LogP contribution is -2.27. The second-order valence-corrected chi connectivity index (χ2v) is 7.96. The summed E-state index contributed by atoms with van der Waals surface area (Å²) in [5.41, 5.74) is 0. The number of rotatable bonds is 6. The average Bonchev–Trinajstić information content (AvgIpc) is 2.60. The zero-order valence-electron chi connectivity index (χ0n) is 16.0. The molecule has 0 atom stereocenters. The second kappa shape index (κ2) is 11.0. The van der Waals surface area contributed by atoms with Crippen LogP contribution in [0.1, 0.15) is 84.0 Å². The van der Waals surface area contributed by atoms with Gasteiger partial charge in [-0.1, -0.05) is 50.5 Å². The van der Waals surface area contributed by atoms with E-state index in [2.05, 4.69) is 29.6 Å². The lowest BCUT2D eigenvalue weighted by molar-refractivity contribution is -0.345. The van der Waals surface area contributed by atoms with Crippen molar-refractivity contribution in [3.05, 3.63) is 12.2 Å². The minimum atomic E-state index is -4.51. The van der Waals surface area contributed by atoms with E-state index in [1.165, 1.54) is 51.4 Å². The van der Waals surface area contributed by atoms with E-state index in [1.807, 2.05) is 6.08 Å². The molecule has 0 aromatic rings. The van der Waals surface area contributed by atoms with Crippen molar-refractivity contribution >= 4 is 0 Å². The molecule has 0 aromatic carbocycles. The molecule has 4 heteroatoms. The zero-order valence-corrected chi connectivity index (χ0v) is 16.0. The highest BCUT2D eigenvalue weighted by molar-refractivity contribution is 5.18. The average molecular weight is 370 g/mol. The van der Waals surface area contributed by atoms with Gasteiger partial charge in [0.25, 0.3) is 0 Å². The third-order valence-corrected chi connectivity index (χ3v) is 5.82. The Morgan fingerprint density at radius 2 is 1.65 bits per heavy atom. The Labute approximate surface area is 156 Å². The Hall–Kier alpha value is -0.950. The first-order valence-corrected chi connectivity index (χ1v) is 10.4. The first-order valence-electron chi connectivity index (χ1n) is 10.4. The first-order chi connectivity index (χ1) is 12.5. The maximum atomic E-state index is 12.2. The number of unbranched alkanes of at least 4 members (excludes halogenated alkanes) is 2. The molecule has 1 nitrogen and oxygen atoms in total. The summed E-state index contributed by atoms with van der Waals surface area (Å²) in [4.78, 5) is 0. The van der Waals surface area contributed by atoms with Crippen molar-refractivity contribution in [2.45, 2.75) is 96.4 Å². The van der Waals surface area contributed by atoms with Gasteiger partial charge in [-0.05, 0) is 69.3 Å². The molecule has 0 amide bonds. The van der Waals surface area contributed by atoms with Gasteiger partial charge < -0.3 is 0 Å². The van der Waals surface area contributed by atoms with Crippen molar-refractivity contribution in [3.8, 4) is 11.8 Å². The molecule has 0 aromatic heterocycles. The monoisotopic (exact) mass is 370 g/mol. The molecule has 26 heavy (non-hydrogen) atoms. The Morgan fingerprint density at radius 3 is 2.27 bits per heavy atom. The third-order valence-electron chi connectivity index (χ3n) is 5.82. The summed E-state index contributed by atoms with van der Waals surface area (Å²) in [7, 11) is 0.